The minimum atomic E-state index is -3.72. The highest BCUT2D eigenvalue weighted by Gasteiger charge is 2.27. The molecule has 2 aromatic rings. The number of hydrogen-bond acceptors (Lipinski definition) is 8. The predicted molar refractivity (Wildman–Crippen MR) is 172 cm³/mol. The van der Waals surface area contributed by atoms with E-state index in [0.29, 0.717) is 37.3 Å². The van der Waals surface area contributed by atoms with Crippen LogP contribution in [-0.2, 0) is 26.0 Å². The smallest absolute Gasteiger partial charge is 0.407 e. The Morgan fingerprint density at radius 1 is 0.977 bits per heavy atom. The molecular weight excluding hydrogens is 584 g/mol. The first kappa shape index (κ1) is 36.8. The zero-order valence-electron chi connectivity index (χ0n) is 26.3. The highest BCUT2D eigenvalue weighted by molar-refractivity contribution is 7.89. The molecule has 0 aliphatic heterocycles. The number of aliphatic hydroxyl groups is 1. The molecule has 2 aromatic carbocycles. The first-order chi connectivity index (χ1) is 20.9. The van der Waals surface area contributed by atoms with Gasteiger partial charge in [0.15, 0.2) is 0 Å². The van der Waals surface area contributed by atoms with Gasteiger partial charge in [0, 0.05) is 12.1 Å². The fourth-order valence-corrected chi connectivity index (χ4v) is 5.49. The molecule has 44 heavy (non-hydrogen) atoms. The van der Waals surface area contributed by atoms with Crippen LogP contribution in [0.5, 0.6) is 11.5 Å². The van der Waals surface area contributed by atoms with Gasteiger partial charge in [-0.15, -0.1) is 0 Å². The third-order valence-electron chi connectivity index (χ3n) is 6.28. The Morgan fingerprint density at radius 3 is 2.36 bits per heavy atom. The molecule has 0 heterocycles. The van der Waals surface area contributed by atoms with E-state index < -0.39 is 33.7 Å². The lowest BCUT2D eigenvalue weighted by Crippen LogP contribution is -2.45. The van der Waals surface area contributed by atoms with Crippen molar-refractivity contribution in [3.05, 3.63) is 65.7 Å². The van der Waals surface area contributed by atoms with Crippen LogP contribution in [0.2, 0.25) is 0 Å². The van der Waals surface area contributed by atoms with Gasteiger partial charge in [-0.2, -0.15) is 0 Å². The van der Waals surface area contributed by atoms with Crippen molar-refractivity contribution < 1.29 is 37.3 Å². The van der Waals surface area contributed by atoms with E-state index in [0.717, 1.165) is 31.2 Å². The van der Waals surface area contributed by atoms with E-state index >= 15 is 0 Å². The average molecular weight is 633 g/mol. The standard InChI is InChI=1S/C33H48N2O8S/c1-5-6-24-44(39,40)35-29(31(37)42-30-16-10-9-14-27(30)15-13-22-36)25-26-17-19-28(20-18-26)41-23-12-8-7-11-21-34-32(38)43-33(2,3)4/h9-10,13-20,29,35-36H,5-8,11-12,21-25H2,1-4H3,(H,34,38)/b15-13-/t29-/m0/s1. The molecule has 0 saturated heterocycles. The van der Waals surface area contributed by atoms with Crippen LogP contribution in [0.1, 0.15) is 77.3 Å². The Kier molecular flexibility index (Phi) is 15.9. The lowest BCUT2D eigenvalue weighted by molar-refractivity contribution is -0.136. The molecule has 244 valence electrons. The predicted octanol–water partition coefficient (Wildman–Crippen LogP) is 5.39. The summed E-state index contributed by atoms with van der Waals surface area (Å²) in [7, 11) is -3.72. The average Bonchev–Trinajstić information content (AvgIpc) is 2.96. The van der Waals surface area contributed by atoms with Crippen LogP contribution in [-0.4, -0.2) is 62.7 Å². The molecule has 3 N–H and O–H groups in total. The van der Waals surface area contributed by atoms with Crippen molar-refractivity contribution in [2.45, 2.75) is 84.3 Å². The van der Waals surface area contributed by atoms with Crippen LogP contribution in [0.15, 0.2) is 54.6 Å². The quantitative estimate of drug-likeness (QED) is 0.106. The van der Waals surface area contributed by atoms with Gasteiger partial charge in [-0.1, -0.05) is 68.7 Å². The summed E-state index contributed by atoms with van der Waals surface area (Å²) < 4.78 is 44.7. The van der Waals surface area contributed by atoms with Crippen molar-refractivity contribution in [1.82, 2.24) is 10.0 Å². The fraction of sp³-hybridized carbons (Fsp3) is 0.515. The van der Waals surface area contributed by atoms with Crippen molar-refractivity contribution in [3.8, 4) is 11.5 Å². The number of ether oxygens (including phenoxy) is 3. The van der Waals surface area contributed by atoms with Crippen LogP contribution in [0, 0.1) is 0 Å². The highest BCUT2D eigenvalue weighted by Crippen LogP contribution is 2.21. The minimum Gasteiger partial charge on any atom is -0.494 e. The monoisotopic (exact) mass is 632 g/mol. The maximum Gasteiger partial charge on any atom is 0.407 e. The Hall–Kier alpha value is -3.41. The summed E-state index contributed by atoms with van der Waals surface area (Å²) in [5.74, 6) is 0.128. The summed E-state index contributed by atoms with van der Waals surface area (Å²) in [6, 6.07) is 12.9. The maximum atomic E-state index is 13.2. The lowest BCUT2D eigenvalue weighted by Gasteiger charge is -2.19. The number of amides is 1. The van der Waals surface area contributed by atoms with Gasteiger partial charge in [-0.25, -0.2) is 22.7 Å². The minimum absolute atomic E-state index is 0.0872. The van der Waals surface area contributed by atoms with Crippen LogP contribution in [0.3, 0.4) is 0 Å². The van der Waals surface area contributed by atoms with Crippen molar-refractivity contribution in [1.29, 1.82) is 0 Å². The fourth-order valence-electron chi connectivity index (χ4n) is 4.09. The van der Waals surface area contributed by atoms with Crippen molar-refractivity contribution >= 4 is 28.2 Å². The zero-order valence-corrected chi connectivity index (χ0v) is 27.2. The van der Waals surface area contributed by atoms with Crippen LogP contribution >= 0.6 is 0 Å². The molecule has 0 bridgehead atoms. The van der Waals surface area contributed by atoms with Gasteiger partial charge in [-0.05, 0) is 70.2 Å². The summed E-state index contributed by atoms with van der Waals surface area (Å²) in [4.78, 5) is 24.9. The van der Waals surface area contributed by atoms with Gasteiger partial charge in [0.2, 0.25) is 10.0 Å². The number of benzene rings is 2. The molecule has 0 saturated carbocycles. The SMILES string of the molecule is CCCCS(=O)(=O)N[C@@H](Cc1ccc(OCCCCCCNC(=O)OC(C)(C)C)cc1)C(=O)Oc1ccccc1/C=C\CO. The van der Waals surface area contributed by atoms with Gasteiger partial charge in [0.05, 0.1) is 19.0 Å². The topological polar surface area (TPSA) is 140 Å². The molecule has 0 spiro atoms. The number of rotatable bonds is 19. The number of sulfonamides is 1. The first-order valence-electron chi connectivity index (χ1n) is 15.2. The van der Waals surface area contributed by atoms with Crippen molar-refractivity contribution in [3.63, 3.8) is 0 Å². The summed E-state index contributed by atoms with van der Waals surface area (Å²) in [5, 5.41) is 11.9. The third-order valence-corrected chi connectivity index (χ3v) is 7.75. The van der Waals surface area contributed by atoms with E-state index in [9.17, 15) is 18.0 Å². The van der Waals surface area contributed by atoms with Gasteiger partial charge < -0.3 is 24.6 Å². The van der Waals surface area contributed by atoms with Crippen LogP contribution in [0.4, 0.5) is 4.79 Å². The number of esters is 1. The molecule has 0 aliphatic rings. The highest BCUT2D eigenvalue weighted by atomic mass is 32.2. The van der Waals surface area contributed by atoms with Gasteiger partial charge in [0.1, 0.15) is 23.1 Å². The number of hydrogen-bond donors (Lipinski definition) is 3. The molecule has 0 aliphatic carbocycles. The Bertz CT molecular complexity index is 1290. The number of unbranched alkanes of at least 4 members (excludes halogenated alkanes) is 4. The Balaban J connectivity index is 1.91. The second-order valence-electron chi connectivity index (χ2n) is 11.4. The van der Waals surface area contributed by atoms with Crippen LogP contribution in [0.25, 0.3) is 6.08 Å². The zero-order chi connectivity index (χ0) is 32.4. The number of nitrogens with one attached hydrogen (secondary N) is 2. The van der Waals surface area contributed by atoms with E-state index in [4.69, 9.17) is 19.3 Å². The lowest BCUT2D eigenvalue weighted by atomic mass is 10.1. The van der Waals surface area contributed by atoms with Gasteiger partial charge >= 0.3 is 12.1 Å². The van der Waals surface area contributed by atoms with Gasteiger partial charge in [-0.3, -0.25) is 0 Å². The molecular formula is C33H48N2O8S. The maximum absolute atomic E-state index is 13.2. The molecule has 0 fully saturated rings. The van der Waals surface area contributed by atoms with E-state index in [1.165, 1.54) is 6.08 Å². The second-order valence-corrected chi connectivity index (χ2v) is 13.3. The van der Waals surface area contributed by atoms with E-state index in [-0.39, 0.29) is 24.5 Å². The Labute approximate surface area is 262 Å². The molecule has 1 amide bonds. The summed E-state index contributed by atoms with van der Waals surface area (Å²) in [5.41, 5.74) is 0.815. The molecule has 0 aromatic heterocycles. The number of carbonyl (C=O) groups excluding carboxylic acids is 2. The van der Waals surface area contributed by atoms with Crippen molar-refractivity contribution in [2.24, 2.45) is 0 Å². The number of carbonyl (C=O) groups is 2. The van der Waals surface area contributed by atoms with Crippen LogP contribution < -0.4 is 19.5 Å². The van der Waals surface area contributed by atoms with E-state index in [2.05, 4.69) is 10.0 Å². The molecule has 10 nitrogen and oxygen atoms in total. The van der Waals surface area contributed by atoms with E-state index in [1.807, 2.05) is 27.7 Å². The second kappa shape index (κ2) is 19.1. The normalized spacial score (nSPS) is 12.6. The molecule has 1 atom stereocenters. The molecule has 0 radical (unpaired) electrons. The first-order valence-corrected chi connectivity index (χ1v) is 16.8. The van der Waals surface area contributed by atoms with Gasteiger partial charge in [0.25, 0.3) is 0 Å². The number of para-hydroxylation sites is 1. The number of alkyl carbamates (subject to hydrolysis) is 1. The number of aliphatic hydroxyl groups excluding tert-OH is 1. The largest absolute Gasteiger partial charge is 0.494 e. The van der Waals surface area contributed by atoms with Crippen molar-refractivity contribution in [2.75, 3.05) is 25.5 Å². The Morgan fingerprint density at radius 2 is 1.68 bits per heavy atom. The third kappa shape index (κ3) is 15.4. The molecule has 2 rings (SSSR count). The summed E-state index contributed by atoms with van der Waals surface area (Å²) >= 11 is 0. The molecule has 11 heteroatoms. The summed E-state index contributed by atoms with van der Waals surface area (Å²) in [6.07, 6.45) is 7.63. The molecule has 0 unspecified atom stereocenters. The van der Waals surface area contributed by atoms with E-state index in [1.54, 1.807) is 54.6 Å². The summed E-state index contributed by atoms with van der Waals surface area (Å²) in [6.45, 7) is 8.31.